The number of rotatable bonds is 5. The second kappa shape index (κ2) is 6.88. The third kappa shape index (κ3) is 3.46. The van der Waals surface area contributed by atoms with Crippen LogP contribution in [0.3, 0.4) is 0 Å². The van der Waals surface area contributed by atoms with Gasteiger partial charge in [-0.3, -0.25) is 9.59 Å². The Morgan fingerprint density at radius 3 is 2.62 bits per heavy atom. The molecule has 1 amide bonds. The number of carbonyl (C=O) groups is 2. The van der Waals surface area contributed by atoms with Gasteiger partial charge < -0.3 is 15.4 Å². The molecule has 1 aromatic heterocycles. The predicted octanol–water partition coefficient (Wildman–Crippen LogP) is 2.70. The zero-order chi connectivity index (χ0) is 18.1. The maximum absolute atomic E-state index is 12.4. The van der Waals surface area contributed by atoms with E-state index in [0.29, 0.717) is 35.0 Å². The van der Waals surface area contributed by atoms with E-state index < -0.39 is 0 Å². The Labute approximate surface area is 152 Å². The van der Waals surface area contributed by atoms with Crippen molar-refractivity contribution in [1.29, 1.82) is 0 Å². The Bertz CT molecular complexity index is 834. The first-order valence-electron chi connectivity index (χ1n) is 8.91. The summed E-state index contributed by atoms with van der Waals surface area (Å²) in [5.41, 5.74) is 0.962. The van der Waals surface area contributed by atoms with E-state index in [2.05, 4.69) is 15.6 Å². The summed E-state index contributed by atoms with van der Waals surface area (Å²) in [6.45, 7) is 1.46. The molecular weight excluding hydrogens is 330 g/mol. The Morgan fingerprint density at radius 1 is 1.15 bits per heavy atom. The summed E-state index contributed by atoms with van der Waals surface area (Å²) < 4.78 is 5.67. The summed E-state index contributed by atoms with van der Waals surface area (Å²) in [7, 11) is 0. The Hall–Kier alpha value is -2.73. The predicted molar refractivity (Wildman–Crippen MR) is 96.6 cm³/mol. The molecule has 6 heteroatoms. The van der Waals surface area contributed by atoms with Crippen LogP contribution >= 0.6 is 0 Å². The first-order valence-corrected chi connectivity index (χ1v) is 8.91. The van der Waals surface area contributed by atoms with Gasteiger partial charge in [0, 0.05) is 36.7 Å². The van der Waals surface area contributed by atoms with Gasteiger partial charge in [-0.15, -0.1) is 0 Å². The third-order valence-corrected chi connectivity index (χ3v) is 5.04. The van der Waals surface area contributed by atoms with Crippen LogP contribution in [0.1, 0.15) is 47.0 Å². The van der Waals surface area contributed by atoms with E-state index in [9.17, 15) is 9.59 Å². The van der Waals surface area contributed by atoms with Crippen LogP contribution in [0.2, 0.25) is 0 Å². The van der Waals surface area contributed by atoms with E-state index in [1.54, 1.807) is 42.5 Å². The number of ether oxygens (including phenoxy) is 1. The van der Waals surface area contributed by atoms with Gasteiger partial charge in [-0.1, -0.05) is 6.07 Å². The van der Waals surface area contributed by atoms with Crippen LogP contribution in [0.4, 0.5) is 0 Å². The molecule has 0 spiro atoms. The summed E-state index contributed by atoms with van der Waals surface area (Å²) in [5, 5.41) is 6.64. The standard InChI is InChI=1S/C20H21N3O3/c1-12(24)16-3-2-4-19(22-16)26-15-8-5-13(6-9-15)20(25)23-18-11-14-7-10-17(18)21-14/h2-6,8-9,14,17-18,21H,7,10-11H2,1H3,(H,23,25). The van der Waals surface area contributed by atoms with E-state index in [4.69, 9.17) is 4.74 Å². The van der Waals surface area contributed by atoms with E-state index >= 15 is 0 Å². The molecule has 26 heavy (non-hydrogen) atoms. The number of ketones is 1. The van der Waals surface area contributed by atoms with Crippen molar-refractivity contribution in [3.8, 4) is 11.6 Å². The Balaban J connectivity index is 1.39. The minimum absolute atomic E-state index is 0.0624. The third-order valence-electron chi connectivity index (χ3n) is 5.04. The summed E-state index contributed by atoms with van der Waals surface area (Å²) in [6, 6.07) is 13.2. The molecule has 3 heterocycles. The van der Waals surface area contributed by atoms with Gasteiger partial charge in [-0.25, -0.2) is 4.98 Å². The molecule has 134 valence electrons. The topological polar surface area (TPSA) is 80.3 Å². The van der Waals surface area contributed by atoms with Crippen LogP contribution in [-0.4, -0.2) is 34.8 Å². The van der Waals surface area contributed by atoms with Gasteiger partial charge in [0.05, 0.1) is 0 Å². The SMILES string of the molecule is CC(=O)c1cccc(Oc2ccc(C(=O)NC3CC4CCC3N4)cc2)n1. The lowest BCUT2D eigenvalue weighted by atomic mass is 9.95. The smallest absolute Gasteiger partial charge is 0.251 e. The fourth-order valence-corrected chi connectivity index (χ4v) is 3.70. The van der Waals surface area contributed by atoms with Crippen molar-refractivity contribution in [1.82, 2.24) is 15.6 Å². The summed E-state index contributed by atoms with van der Waals surface area (Å²) in [4.78, 5) is 28.0. The molecule has 2 aliphatic rings. The molecule has 3 unspecified atom stereocenters. The van der Waals surface area contributed by atoms with Gasteiger partial charge in [-0.2, -0.15) is 0 Å². The van der Waals surface area contributed by atoms with E-state index in [0.717, 1.165) is 12.8 Å². The first-order chi connectivity index (χ1) is 12.6. The molecule has 2 saturated heterocycles. The number of pyridine rings is 1. The van der Waals surface area contributed by atoms with Crippen molar-refractivity contribution in [3.63, 3.8) is 0 Å². The minimum atomic E-state index is -0.113. The van der Waals surface area contributed by atoms with Crippen molar-refractivity contribution in [2.75, 3.05) is 0 Å². The normalized spacial score (nSPS) is 23.7. The van der Waals surface area contributed by atoms with Crippen molar-refractivity contribution in [2.24, 2.45) is 0 Å². The number of hydrogen-bond acceptors (Lipinski definition) is 5. The molecule has 2 bridgehead atoms. The van der Waals surface area contributed by atoms with Gasteiger partial charge in [0.15, 0.2) is 5.78 Å². The highest BCUT2D eigenvalue weighted by Gasteiger charge is 2.39. The number of amides is 1. The number of Topliss-reactive ketones (excluding diaryl/α,β-unsaturated/α-hetero) is 1. The first kappa shape index (κ1) is 16.7. The van der Waals surface area contributed by atoms with Crippen LogP contribution in [0.15, 0.2) is 42.5 Å². The molecule has 4 rings (SSSR count). The van der Waals surface area contributed by atoms with E-state index in [1.807, 2.05) is 0 Å². The van der Waals surface area contributed by atoms with Gasteiger partial charge in [0.25, 0.3) is 5.91 Å². The zero-order valence-corrected chi connectivity index (χ0v) is 14.6. The van der Waals surface area contributed by atoms with Gasteiger partial charge in [0.1, 0.15) is 11.4 Å². The second-order valence-corrected chi connectivity index (χ2v) is 6.91. The second-order valence-electron chi connectivity index (χ2n) is 6.91. The molecule has 2 fully saturated rings. The van der Waals surface area contributed by atoms with Gasteiger partial charge >= 0.3 is 0 Å². The molecule has 3 atom stereocenters. The average Bonchev–Trinajstić information content (AvgIpc) is 3.25. The van der Waals surface area contributed by atoms with Crippen molar-refractivity contribution < 1.29 is 14.3 Å². The molecule has 2 aromatic rings. The lowest BCUT2D eigenvalue weighted by molar-refractivity contribution is 0.0930. The fourth-order valence-electron chi connectivity index (χ4n) is 3.70. The molecule has 0 aliphatic carbocycles. The number of nitrogens with zero attached hydrogens (tertiary/aromatic N) is 1. The number of nitrogens with one attached hydrogen (secondary N) is 2. The molecule has 2 aliphatic heterocycles. The summed E-state index contributed by atoms with van der Waals surface area (Å²) in [5.74, 6) is 0.740. The minimum Gasteiger partial charge on any atom is -0.439 e. The molecule has 0 saturated carbocycles. The number of carbonyl (C=O) groups excluding carboxylic acids is 2. The number of aromatic nitrogens is 1. The highest BCUT2D eigenvalue weighted by atomic mass is 16.5. The lowest BCUT2D eigenvalue weighted by Crippen LogP contribution is -2.42. The fraction of sp³-hybridized carbons (Fsp3) is 0.350. The Morgan fingerprint density at radius 2 is 1.96 bits per heavy atom. The quantitative estimate of drug-likeness (QED) is 0.810. The molecular formula is C20H21N3O3. The monoisotopic (exact) mass is 351 g/mol. The van der Waals surface area contributed by atoms with Crippen molar-refractivity contribution in [3.05, 3.63) is 53.7 Å². The van der Waals surface area contributed by atoms with E-state index in [-0.39, 0.29) is 17.7 Å². The molecule has 0 radical (unpaired) electrons. The van der Waals surface area contributed by atoms with Gasteiger partial charge in [-0.05, 0) is 49.6 Å². The highest BCUT2D eigenvalue weighted by Crippen LogP contribution is 2.28. The summed E-state index contributed by atoms with van der Waals surface area (Å²) in [6.07, 6.45) is 3.35. The van der Waals surface area contributed by atoms with Crippen LogP contribution in [0.5, 0.6) is 11.6 Å². The largest absolute Gasteiger partial charge is 0.439 e. The maximum atomic E-state index is 12.4. The number of benzene rings is 1. The van der Waals surface area contributed by atoms with Crippen LogP contribution in [0.25, 0.3) is 0 Å². The lowest BCUT2D eigenvalue weighted by Gasteiger charge is -2.21. The van der Waals surface area contributed by atoms with Gasteiger partial charge in [0.2, 0.25) is 5.88 Å². The molecule has 1 aromatic carbocycles. The van der Waals surface area contributed by atoms with Crippen LogP contribution < -0.4 is 15.4 Å². The zero-order valence-electron chi connectivity index (χ0n) is 14.6. The molecule has 6 nitrogen and oxygen atoms in total. The van der Waals surface area contributed by atoms with Crippen molar-refractivity contribution >= 4 is 11.7 Å². The van der Waals surface area contributed by atoms with Crippen LogP contribution in [0, 0.1) is 0 Å². The Kier molecular flexibility index (Phi) is 4.42. The number of fused-ring (bicyclic) bond motifs is 2. The van der Waals surface area contributed by atoms with E-state index in [1.165, 1.54) is 13.3 Å². The average molecular weight is 351 g/mol. The van der Waals surface area contributed by atoms with Crippen LogP contribution in [-0.2, 0) is 0 Å². The highest BCUT2D eigenvalue weighted by molar-refractivity contribution is 5.94. The maximum Gasteiger partial charge on any atom is 0.251 e. The molecule has 2 N–H and O–H groups in total. The summed E-state index contributed by atoms with van der Waals surface area (Å²) >= 11 is 0. The number of hydrogen-bond donors (Lipinski definition) is 2. The van der Waals surface area contributed by atoms with Crippen molar-refractivity contribution in [2.45, 2.75) is 44.3 Å².